The molecule has 0 radical (unpaired) electrons. The lowest BCUT2D eigenvalue weighted by atomic mass is 10.2. The Morgan fingerprint density at radius 2 is 2.38 bits per heavy atom. The largest absolute Gasteiger partial charge is 0.305 e. The minimum Gasteiger partial charge on any atom is -0.305 e. The number of thiophene rings is 1. The lowest BCUT2D eigenvalue weighted by molar-refractivity contribution is 0.415. The number of rotatable bonds is 5. The molecule has 2 rings (SSSR count). The summed E-state index contributed by atoms with van der Waals surface area (Å²) in [4.78, 5) is 5.30. The van der Waals surface area contributed by atoms with E-state index in [4.69, 9.17) is 0 Å². The van der Waals surface area contributed by atoms with Crippen molar-refractivity contribution in [2.24, 2.45) is 0 Å². The van der Waals surface area contributed by atoms with E-state index in [1.807, 2.05) is 4.68 Å². The van der Waals surface area contributed by atoms with Crippen molar-refractivity contribution in [3.63, 3.8) is 0 Å². The summed E-state index contributed by atoms with van der Waals surface area (Å²) in [7, 11) is 0. The third kappa shape index (κ3) is 2.90. The molecule has 0 amide bonds. The van der Waals surface area contributed by atoms with Crippen LogP contribution in [-0.2, 0) is 6.54 Å². The number of nitrogens with zero attached hydrogens (tertiary/aromatic N) is 3. The molecule has 1 N–H and O–H groups in total. The smallest absolute Gasteiger partial charge is 0.137 e. The summed E-state index contributed by atoms with van der Waals surface area (Å²) < 4.78 is 1.85. The molecular formula is C11H16N4S. The second-order valence-corrected chi connectivity index (χ2v) is 4.90. The summed E-state index contributed by atoms with van der Waals surface area (Å²) in [5, 5.41) is 9.74. The average Bonchev–Trinajstić information content (AvgIpc) is 2.88. The highest BCUT2D eigenvalue weighted by Crippen LogP contribution is 2.18. The van der Waals surface area contributed by atoms with Gasteiger partial charge in [-0.2, -0.15) is 5.10 Å². The normalized spacial score (nSPS) is 14.9. The molecule has 0 spiro atoms. The zero-order valence-corrected chi connectivity index (χ0v) is 10.3. The lowest BCUT2D eigenvalue weighted by Gasteiger charge is -2.18. The third-order valence-electron chi connectivity index (χ3n) is 2.43. The van der Waals surface area contributed by atoms with Crippen LogP contribution in [0.4, 0.5) is 0 Å². The van der Waals surface area contributed by atoms with Crippen LogP contribution in [0.3, 0.4) is 0 Å². The summed E-state index contributed by atoms with van der Waals surface area (Å²) >= 11 is 1.78. The van der Waals surface area contributed by atoms with Crippen molar-refractivity contribution in [2.45, 2.75) is 32.5 Å². The van der Waals surface area contributed by atoms with Gasteiger partial charge < -0.3 is 5.32 Å². The van der Waals surface area contributed by atoms with E-state index in [2.05, 4.69) is 46.8 Å². The Bertz CT molecular complexity index is 396. The maximum absolute atomic E-state index is 4.09. The maximum Gasteiger partial charge on any atom is 0.137 e. The number of nitrogens with one attached hydrogen (secondary N) is 1. The molecule has 0 saturated carbocycles. The molecule has 16 heavy (non-hydrogen) atoms. The first-order valence-corrected chi connectivity index (χ1v) is 6.25. The SMILES string of the molecule is CC(Cn1cncn1)NC(C)c1cccs1. The fraction of sp³-hybridized carbons (Fsp3) is 0.455. The molecule has 2 atom stereocenters. The third-order valence-corrected chi connectivity index (χ3v) is 3.49. The fourth-order valence-electron chi connectivity index (χ4n) is 1.71. The lowest BCUT2D eigenvalue weighted by Crippen LogP contribution is -2.32. The van der Waals surface area contributed by atoms with Crippen LogP contribution in [0.5, 0.6) is 0 Å². The Morgan fingerprint density at radius 3 is 3.00 bits per heavy atom. The summed E-state index contributed by atoms with van der Waals surface area (Å²) in [5.74, 6) is 0. The van der Waals surface area contributed by atoms with Crippen LogP contribution in [0.1, 0.15) is 24.8 Å². The summed E-state index contributed by atoms with van der Waals surface area (Å²) in [6.07, 6.45) is 3.31. The van der Waals surface area contributed by atoms with Crippen molar-refractivity contribution in [3.05, 3.63) is 35.0 Å². The van der Waals surface area contributed by atoms with Crippen LogP contribution in [0.2, 0.25) is 0 Å². The molecule has 0 fully saturated rings. The zero-order chi connectivity index (χ0) is 11.4. The van der Waals surface area contributed by atoms with Gasteiger partial charge in [0.15, 0.2) is 0 Å². The molecule has 0 saturated heterocycles. The quantitative estimate of drug-likeness (QED) is 0.864. The van der Waals surface area contributed by atoms with Gasteiger partial charge in [0, 0.05) is 17.0 Å². The molecular weight excluding hydrogens is 220 g/mol. The summed E-state index contributed by atoms with van der Waals surface area (Å²) in [6, 6.07) is 5.00. The number of aromatic nitrogens is 3. The van der Waals surface area contributed by atoms with Gasteiger partial charge in [-0.05, 0) is 25.3 Å². The van der Waals surface area contributed by atoms with Crippen molar-refractivity contribution < 1.29 is 0 Å². The molecule has 0 aromatic carbocycles. The monoisotopic (exact) mass is 236 g/mol. The van der Waals surface area contributed by atoms with Gasteiger partial charge in [-0.15, -0.1) is 11.3 Å². The van der Waals surface area contributed by atoms with Gasteiger partial charge in [0.05, 0.1) is 6.54 Å². The first-order valence-electron chi connectivity index (χ1n) is 5.37. The Kier molecular flexibility index (Phi) is 3.69. The summed E-state index contributed by atoms with van der Waals surface area (Å²) in [6.45, 7) is 5.19. The predicted molar refractivity (Wildman–Crippen MR) is 65.4 cm³/mol. The fourth-order valence-corrected chi connectivity index (χ4v) is 2.45. The van der Waals surface area contributed by atoms with Crippen LogP contribution < -0.4 is 5.32 Å². The van der Waals surface area contributed by atoms with Crippen LogP contribution in [0.25, 0.3) is 0 Å². The first kappa shape index (κ1) is 11.3. The van der Waals surface area contributed by atoms with Crippen LogP contribution in [0.15, 0.2) is 30.2 Å². The predicted octanol–water partition coefficient (Wildman–Crippen LogP) is 2.08. The van der Waals surface area contributed by atoms with E-state index in [-0.39, 0.29) is 0 Å². The molecule has 0 aliphatic rings. The van der Waals surface area contributed by atoms with E-state index in [9.17, 15) is 0 Å². The molecule has 2 aromatic heterocycles. The topological polar surface area (TPSA) is 42.7 Å². The highest BCUT2D eigenvalue weighted by molar-refractivity contribution is 7.10. The molecule has 86 valence electrons. The van der Waals surface area contributed by atoms with E-state index < -0.39 is 0 Å². The van der Waals surface area contributed by atoms with Gasteiger partial charge in [-0.3, -0.25) is 4.68 Å². The molecule has 0 aliphatic heterocycles. The molecule has 2 heterocycles. The molecule has 0 bridgehead atoms. The molecule has 2 aromatic rings. The van der Waals surface area contributed by atoms with Crippen molar-refractivity contribution in [1.29, 1.82) is 0 Å². The van der Waals surface area contributed by atoms with Crippen molar-refractivity contribution in [2.75, 3.05) is 0 Å². The molecule has 4 nitrogen and oxygen atoms in total. The first-order chi connectivity index (χ1) is 7.75. The van der Waals surface area contributed by atoms with E-state index >= 15 is 0 Å². The highest BCUT2D eigenvalue weighted by atomic mass is 32.1. The second kappa shape index (κ2) is 5.23. The minimum atomic E-state index is 0.374. The van der Waals surface area contributed by atoms with Gasteiger partial charge in [-0.25, -0.2) is 4.98 Å². The van der Waals surface area contributed by atoms with Crippen LogP contribution >= 0.6 is 11.3 Å². The van der Waals surface area contributed by atoms with Crippen LogP contribution in [0, 0.1) is 0 Å². The Hall–Kier alpha value is -1.20. The van der Waals surface area contributed by atoms with Gasteiger partial charge in [-0.1, -0.05) is 6.07 Å². The number of hydrogen-bond acceptors (Lipinski definition) is 4. The van der Waals surface area contributed by atoms with Gasteiger partial charge in [0.2, 0.25) is 0 Å². The molecule has 5 heteroatoms. The van der Waals surface area contributed by atoms with Crippen molar-refractivity contribution in [3.8, 4) is 0 Å². The maximum atomic E-state index is 4.09. The Morgan fingerprint density at radius 1 is 1.50 bits per heavy atom. The van der Waals surface area contributed by atoms with E-state index in [0.717, 1.165) is 6.54 Å². The van der Waals surface area contributed by atoms with Gasteiger partial charge >= 0.3 is 0 Å². The van der Waals surface area contributed by atoms with Gasteiger partial charge in [0.1, 0.15) is 12.7 Å². The van der Waals surface area contributed by atoms with E-state index in [1.54, 1.807) is 24.0 Å². The van der Waals surface area contributed by atoms with Crippen molar-refractivity contribution in [1.82, 2.24) is 20.1 Å². The Labute approximate surface area is 99.3 Å². The summed E-state index contributed by atoms with van der Waals surface area (Å²) in [5.41, 5.74) is 0. The van der Waals surface area contributed by atoms with E-state index in [0.29, 0.717) is 12.1 Å². The number of hydrogen-bond donors (Lipinski definition) is 1. The average molecular weight is 236 g/mol. The zero-order valence-electron chi connectivity index (χ0n) is 9.50. The minimum absolute atomic E-state index is 0.374. The standard InChI is InChI=1S/C11H16N4S/c1-9(6-15-8-12-7-13-15)14-10(2)11-4-3-5-16-11/h3-5,7-10,14H,6H2,1-2H3. The Balaban J connectivity index is 1.85. The highest BCUT2D eigenvalue weighted by Gasteiger charge is 2.10. The van der Waals surface area contributed by atoms with Crippen molar-refractivity contribution >= 4 is 11.3 Å². The molecule has 0 aliphatic carbocycles. The van der Waals surface area contributed by atoms with Crippen LogP contribution in [-0.4, -0.2) is 20.8 Å². The molecule has 2 unspecified atom stereocenters. The van der Waals surface area contributed by atoms with E-state index in [1.165, 1.54) is 4.88 Å². The second-order valence-electron chi connectivity index (χ2n) is 3.92. The van der Waals surface area contributed by atoms with Gasteiger partial charge in [0.25, 0.3) is 0 Å².